The average molecular weight is 308 g/mol. The molecule has 0 fully saturated rings. The number of hydrogen-bond acceptors (Lipinski definition) is 5. The van der Waals surface area contributed by atoms with E-state index in [0.717, 1.165) is 11.3 Å². The predicted molar refractivity (Wildman–Crippen MR) is 86.3 cm³/mol. The zero-order valence-electron chi connectivity index (χ0n) is 12.6. The van der Waals surface area contributed by atoms with Crippen LogP contribution in [0.4, 0.5) is 5.82 Å². The summed E-state index contributed by atoms with van der Waals surface area (Å²) in [7, 11) is 1.56. The normalized spacial score (nSPS) is 10.3. The molecule has 2 N–H and O–H groups in total. The van der Waals surface area contributed by atoms with Gasteiger partial charge in [0.15, 0.2) is 5.69 Å². The molecular weight excluding hydrogens is 292 g/mol. The first kappa shape index (κ1) is 14.7. The van der Waals surface area contributed by atoms with Gasteiger partial charge in [0, 0.05) is 31.7 Å². The number of carbonyl (C=O) groups is 1. The molecule has 0 spiro atoms. The fraction of sp³-hybridized carbons (Fsp3) is 0.125. The van der Waals surface area contributed by atoms with Crippen molar-refractivity contribution >= 4 is 11.7 Å². The van der Waals surface area contributed by atoms with Crippen molar-refractivity contribution in [1.82, 2.24) is 25.1 Å². The minimum Gasteiger partial charge on any atom is -0.365 e. The van der Waals surface area contributed by atoms with Gasteiger partial charge >= 0.3 is 0 Å². The lowest BCUT2D eigenvalue weighted by atomic mass is 10.2. The van der Waals surface area contributed by atoms with Crippen LogP contribution in [-0.4, -0.2) is 32.7 Å². The molecule has 2 heterocycles. The van der Waals surface area contributed by atoms with Crippen molar-refractivity contribution in [3.8, 4) is 5.69 Å². The Balaban J connectivity index is 1.61. The van der Waals surface area contributed by atoms with Crippen molar-refractivity contribution in [2.45, 2.75) is 6.54 Å². The lowest BCUT2D eigenvalue weighted by Crippen LogP contribution is -2.19. The highest BCUT2D eigenvalue weighted by atomic mass is 16.1. The van der Waals surface area contributed by atoms with Crippen LogP contribution in [0.2, 0.25) is 0 Å². The van der Waals surface area contributed by atoms with E-state index in [9.17, 15) is 4.79 Å². The van der Waals surface area contributed by atoms with Gasteiger partial charge in [0.05, 0.1) is 6.33 Å². The van der Waals surface area contributed by atoms with Gasteiger partial charge in [0.2, 0.25) is 0 Å². The fourth-order valence-electron chi connectivity index (χ4n) is 2.07. The second-order valence-corrected chi connectivity index (χ2v) is 4.87. The summed E-state index contributed by atoms with van der Waals surface area (Å²) in [6.45, 7) is 0.623. The molecule has 0 saturated carbocycles. The van der Waals surface area contributed by atoms with Crippen LogP contribution in [-0.2, 0) is 6.54 Å². The molecule has 0 unspecified atom stereocenters. The van der Waals surface area contributed by atoms with E-state index < -0.39 is 0 Å². The summed E-state index contributed by atoms with van der Waals surface area (Å²) in [5.74, 6) is 0.371. The number of aromatic nitrogens is 4. The number of amides is 1. The number of nitrogens with one attached hydrogen (secondary N) is 2. The predicted octanol–water partition coefficient (Wildman–Crippen LogP) is 1.63. The van der Waals surface area contributed by atoms with Crippen molar-refractivity contribution < 1.29 is 4.79 Å². The van der Waals surface area contributed by atoms with Gasteiger partial charge in [0.25, 0.3) is 5.91 Å². The molecule has 0 bridgehead atoms. The number of hydrogen-bond donors (Lipinski definition) is 2. The number of carbonyl (C=O) groups excluding carboxylic acids is 1. The Labute approximate surface area is 133 Å². The van der Waals surface area contributed by atoms with Gasteiger partial charge in [-0.25, -0.2) is 4.98 Å². The lowest BCUT2D eigenvalue weighted by Gasteiger charge is -2.07. The van der Waals surface area contributed by atoms with Gasteiger partial charge in [0.1, 0.15) is 5.82 Å². The van der Waals surface area contributed by atoms with Gasteiger partial charge in [-0.3, -0.25) is 4.79 Å². The molecule has 0 radical (unpaired) electrons. The molecular formula is C16H16N6O. The molecule has 0 aliphatic rings. The Bertz CT molecular complexity index is 765. The highest BCUT2D eigenvalue weighted by Gasteiger charge is 2.05. The lowest BCUT2D eigenvalue weighted by molar-refractivity contribution is 0.0957. The van der Waals surface area contributed by atoms with Crippen LogP contribution in [0.25, 0.3) is 5.69 Å². The highest BCUT2D eigenvalue weighted by molar-refractivity contribution is 5.91. The molecule has 7 nitrogen and oxygen atoms in total. The van der Waals surface area contributed by atoms with Gasteiger partial charge in [-0.05, 0) is 29.8 Å². The molecule has 3 rings (SSSR count). The second kappa shape index (κ2) is 6.69. The quantitative estimate of drug-likeness (QED) is 0.748. The van der Waals surface area contributed by atoms with Crippen LogP contribution in [0.5, 0.6) is 0 Å². The largest absolute Gasteiger partial charge is 0.365 e. The summed E-state index contributed by atoms with van der Waals surface area (Å²) in [6.07, 6.45) is 5.41. The molecule has 3 aromatic rings. The van der Waals surface area contributed by atoms with Crippen molar-refractivity contribution in [3.63, 3.8) is 0 Å². The van der Waals surface area contributed by atoms with E-state index in [1.807, 2.05) is 35.0 Å². The van der Waals surface area contributed by atoms with Crippen molar-refractivity contribution in [3.05, 3.63) is 66.4 Å². The summed E-state index contributed by atoms with van der Waals surface area (Å²) in [5, 5.41) is 13.5. The minimum absolute atomic E-state index is 0.251. The van der Waals surface area contributed by atoms with E-state index in [4.69, 9.17) is 0 Å². The average Bonchev–Trinajstić information content (AvgIpc) is 3.15. The number of rotatable bonds is 5. The van der Waals surface area contributed by atoms with Crippen molar-refractivity contribution in [1.29, 1.82) is 0 Å². The van der Waals surface area contributed by atoms with Crippen molar-refractivity contribution in [2.75, 3.05) is 12.4 Å². The topological polar surface area (TPSA) is 84.7 Å². The molecule has 23 heavy (non-hydrogen) atoms. The maximum absolute atomic E-state index is 11.4. The number of benzene rings is 1. The molecule has 0 aliphatic carbocycles. The molecule has 116 valence electrons. The van der Waals surface area contributed by atoms with E-state index in [0.29, 0.717) is 18.1 Å². The van der Waals surface area contributed by atoms with Crippen LogP contribution in [0, 0.1) is 0 Å². The minimum atomic E-state index is -0.251. The first-order chi connectivity index (χ1) is 11.3. The van der Waals surface area contributed by atoms with Crippen molar-refractivity contribution in [2.24, 2.45) is 0 Å². The zero-order valence-corrected chi connectivity index (χ0v) is 12.6. The summed E-state index contributed by atoms with van der Waals surface area (Å²) in [4.78, 5) is 15.4. The molecule has 1 amide bonds. The Kier molecular flexibility index (Phi) is 4.28. The number of imidazole rings is 1. The maximum Gasteiger partial charge on any atom is 0.271 e. The Morgan fingerprint density at radius 2 is 1.96 bits per heavy atom. The fourth-order valence-corrected chi connectivity index (χ4v) is 2.07. The Morgan fingerprint density at radius 3 is 2.57 bits per heavy atom. The monoisotopic (exact) mass is 308 g/mol. The number of nitrogens with zero attached hydrogens (tertiary/aromatic N) is 4. The van der Waals surface area contributed by atoms with Gasteiger partial charge in [-0.1, -0.05) is 12.1 Å². The molecule has 7 heteroatoms. The van der Waals surface area contributed by atoms with Gasteiger partial charge in [-0.2, -0.15) is 0 Å². The van der Waals surface area contributed by atoms with Crippen LogP contribution >= 0.6 is 0 Å². The Morgan fingerprint density at radius 1 is 1.13 bits per heavy atom. The zero-order chi connectivity index (χ0) is 16.1. The molecule has 0 saturated heterocycles. The Hall–Kier alpha value is -3.22. The molecule has 1 aromatic carbocycles. The van der Waals surface area contributed by atoms with E-state index in [1.165, 1.54) is 0 Å². The smallest absolute Gasteiger partial charge is 0.271 e. The summed E-state index contributed by atoms with van der Waals surface area (Å²) in [6, 6.07) is 11.5. The molecule has 0 atom stereocenters. The summed E-state index contributed by atoms with van der Waals surface area (Å²) in [5.41, 5.74) is 2.47. The van der Waals surface area contributed by atoms with E-state index in [1.54, 1.807) is 31.7 Å². The maximum atomic E-state index is 11.4. The van der Waals surface area contributed by atoms with Crippen LogP contribution in [0.1, 0.15) is 16.1 Å². The second-order valence-electron chi connectivity index (χ2n) is 4.87. The number of anilines is 1. The highest BCUT2D eigenvalue weighted by Crippen LogP contribution is 2.11. The van der Waals surface area contributed by atoms with Gasteiger partial charge in [-0.15, -0.1) is 10.2 Å². The van der Waals surface area contributed by atoms with Crippen LogP contribution < -0.4 is 10.6 Å². The third-order valence-electron chi connectivity index (χ3n) is 3.34. The summed E-state index contributed by atoms with van der Waals surface area (Å²) < 4.78 is 1.94. The first-order valence-corrected chi connectivity index (χ1v) is 7.13. The van der Waals surface area contributed by atoms with E-state index in [2.05, 4.69) is 25.8 Å². The summed E-state index contributed by atoms with van der Waals surface area (Å²) >= 11 is 0. The van der Waals surface area contributed by atoms with E-state index in [-0.39, 0.29) is 5.91 Å². The third kappa shape index (κ3) is 3.52. The first-order valence-electron chi connectivity index (χ1n) is 7.13. The van der Waals surface area contributed by atoms with Gasteiger partial charge < -0.3 is 15.2 Å². The van der Waals surface area contributed by atoms with Crippen LogP contribution in [0.3, 0.4) is 0 Å². The van der Waals surface area contributed by atoms with E-state index >= 15 is 0 Å². The molecule has 2 aromatic heterocycles. The third-order valence-corrected chi connectivity index (χ3v) is 3.34. The van der Waals surface area contributed by atoms with Crippen LogP contribution in [0.15, 0.2) is 55.1 Å². The standard InChI is InChI=1S/C16H16N6O/c1-17-16(23)14-6-7-15(21-20-14)19-10-12-2-4-13(5-3-12)22-9-8-18-11-22/h2-9,11H,10H2,1H3,(H,17,23)(H,19,21). The molecule has 0 aliphatic heterocycles. The SMILES string of the molecule is CNC(=O)c1ccc(NCc2ccc(-n3ccnc3)cc2)nn1.